The molecule has 2 aromatic heterocycles. The van der Waals surface area contributed by atoms with E-state index in [1.54, 1.807) is 6.20 Å². The van der Waals surface area contributed by atoms with Crippen LogP contribution in [0.4, 0.5) is 0 Å². The molecule has 0 amide bonds. The van der Waals surface area contributed by atoms with Crippen LogP contribution in [0.3, 0.4) is 0 Å². The number of rotatable bonds is 7. The lowest BCUT2D eigenvalue weighted by molar-refractivity contribution is 0.473. The number of guanidine groups is 1. The van der Waals surface area contributed by atoms with E-state index in [1.165, 1.54) is 11.1 Å². The van der Waals surface area contributed by atoms with E-state index < -0.39 is 0 Å². The molecule has 0 aromatic carbocycles. The summed E-state index contributed by atoms with van der Waals surface area (Å²) >= 11 is 0. The van der Waals surface area contributed by atoms with Crippen molar-refractivity contribution < 1.29 is 0 Å². The van der Waals surface area contributed by atoms with E-state index in [0.717, 1.165) is 37.7 Å². The molecular formula is C19H31IN6. The van der Waals surface area contributed by atoms with Gasteiger partial charge in [-0.25, -0.2) is 0 Å². The first-order valence-corrected chi connectivity index (χ1v) is 8.92. The molecule has 26 heavy (non-hydrogen) atoms. The van der Waals surface area contributed by atoms with Gasteiger partial charge in [0.1, 0.15) is 0 Å². The zero-order chi connectivity index (χ0) is 18.2. The maximum absolute atomic E-state index is 4.76. The molecule has 2 aromatic rings. The van der Waals surface area contributed by atoms with Crippen LogP contribution >= 0.6 is 24.0 Å². The summed E-state index contributed by atoms with van der Waals surface area (Å²) in [5.41, 5.74) is 3.61. The summed E-state index contributed by atoms with van der Waals surface area (Å²) in [7, 11) is 4.05. The predicted octanol–water partition coefficient (Wildman–Crippen LogP) is 3.20. The van der Waals surface area contributed by atoms with Crippen molar-refractivity contribution in [3.05, 3.63) is 47.5 Å². The molecule has 0 spiro atoms. The zero-order valence-electron chi connectivity index (χ0n) is 16.4. The summed E-state index contributed by atoms with van der Waals surface area (Å²) in [6, 6.07) is 4.05. The van der Waals surface area contributed by atoms with Crippen LogP contribution in [0, 0.1) is 0 Å². The average Bonchev–Trinajstić information content (AvgIpc) is 2.95. The van der Waals surface area contributed by atoms with Gasteiger partial charge in [-0.3, -0.25) is 14.7 Å². The molecule has 0 saturated carbocycles. The van der Waals surface area contributed by atoms with Crippen LogP contribution in [0.25, 0.3) is 0 Å². The molecular weight excluding hydrogens is 439 g/mol. The van der Waals surface area contributed by atoms with Crippen molar-refractivity contribution in [2.75, 3.05) is 20.1 Å². The second kappa shape index (κ2) is 11.2. The third-order valence-corrected chi connectivity index (χ3v) is 3.97. The normalized spacial score (nSPS) is 11.4. The number of aryl methyl sites for hydroxylation is 1. The number of hydrogen-bond donors (Lipinski definition) is 1. The lowest BCUT2D eigenvalue weighted by Gasteiger charge is -2.22. The standard InChI is InChI=1S/C19H30N6.HI/c1-6-21-19(22-11-9-16-8-7-10-20-12-16)24(4)13-17-14-25(5)23-18(17)15(2)3;/h7-8,10,12,14-15H,6,9,11,13H2,1-5H3,(H,21,22);1H. The van der Waals surface area contributed by atoms with Crippen LogP contribution in [0.15, 0.2) is 35.7 Å². The SMILES string of the molecule is CCNC(=NCCc1cccnc1)N(C)Cc1cn(C)nc1C(C)C.I. The van der Waals surface area contributed by atoms with Gasteiger partial charge in [0.05, 0.1) is 5.69 Å². The molecule has 0 bridgehead atoms. The van der Waals surface area contributed by atoms with E-state index in [9.17, 15) is 0 Å². The molecule has 6 nitrogen and oxygen atoms in total. The third-order valence-electron chi connectivity index (χ3n) is 3.97. The summed E-state index contributed by atoms with van der Waals surface area (Å²) in [6.45, 7) is 8.83. The van der Waals surface area contributed by atoms with Crippen molar-refractivity contribution in [2.24, 2.45) is 12.0 Å². The van der Waals surface area contributed by atoms with E-state index in [1.807, 2.05) is 24.0 Å². The van der Waals surface area contributed by atoms with E-state index in [2.05, 4.69) is 60.4 Å². The van der Waals surface area contributed by atoms with Crippen LogP contribution in [0.2, 0.25) is 0 Å². The molecule has 1 N–H and O–H groups in total. The van der Waals surface area contributed by atoms with E-state index in [4.69, 9.17) is 4.99 Å². The van der Waals surface area contributed by atoms with Crippen LogP contribution in [0.1, 0.15) is 43.5 Å². The maximum Gasteiger partial charge on any atom is 0.193 e. The van der Waals surface area contributed by atoms with Crippen LogP contribution in [-0.4, -0.2) is 45.8 Å². The highest BCUT2D eigenvalue weighted by Gasteiger charge is 2.15. The second-order valence-electron chi connectivity index (χ2n) is 6.57. The summed E-state index contributed by atoms with van der Waals surface area (Å²) in [5, 5.41) is 7.97. The van der Waals surface area contributed by atoms with E-state index in [0.29, 0.717) is 5.92 Å². The van der Waals surface area contributed by atoms with Gasteiger partial charge in [0.2, 0.25) is 0 Å². The maximum atomic E-state index is 4.76. The molecule has 2 heterocycles. The van der Waals surface area contributed by atoms with Gasteiger partial charge >= 0.3 is 0 Å². The Hall–Kier alpha value is -1.64. The molecule has 144 valence electrons. The fourth-order valence-corrected chi connectivity index (χ4v) is 2.80. The van der Waals surface area contributed by atoms with Crippen molar-refractivity contribution in [3.8, 4) is 0 Å². The number of aromatic nitrogens is 3. The lowest BCUT2D eigenvalue weighted by atomic mass is 10.1. The number of aliphatic imine (C=N–C) groups is 1. The molecule has 0 aliphatic heterocycles. The Bertz CT molecular complexity index is 681. The first-order chi connectivity index (χ1) is 12.0. The topological polar surface area (TPSA) is 58.3 Å². The van der Waals surface area contributed by atoms with Gasteiger partial charge in [0, 0.05) is 57.9 Å². The van der Waals surface area contributed by atoms with Crippen molar-refractivity contribution in [3.63, 3.8) is 0 Å². The molecule has 0 saturated heterocycles. The first kappa shape index (κ1) is 22.4. The highest BCUT2D eigenvalue weighted by atomic mass is 127. The van der Waals surface area contributed by atoms with E-state index in [-0.39, 0.29) is 24.0 Å². The van der Waals surface area contributed by atoms with E-state index >= 15 is 0 Å². The molecule has 2 rings (SSSR count). The zero-order valence-corrected chi connectivity index (χ0v) is 18.8. The second-order valence-corrected chi connectivity index (χ2v) is 6.57. The lowest BCUT2D eigenvalue weighted by Crippen LogP contribution is -2.38. The molecule has 0 aliphatic rings. The number of hydrogen-bond acceptors (Lipinski definition) is 3. The summed E-state index contributed by atoms with van der Waals surface area (Å²) < 4.78 is 1.89. The summed E-state index contributed by atoms with van der Waals surface area (Å²) in [4.78, 5) is 11.1. The Kier molecular flexibility index (Phi) is 9.61. The van der Waals surface area contributed by atoms with Gasteiger partial charge in [-0.2, -0.15) is 5.10 Å². The first-order valence-electron chi connectivity index (χ1n) is 8.92. The fraction of sp³-hybridized carbons (Fsp3) is 0.526. The average molecular weight is 470 g/mol. The van der Waals surface area contributed by atoms with Crippen molar-refractivity contribution >= 4 is 29.9 Å². The smallest absolute Gasteiger partial charge is 0.193 e. The van der Waals surface area contributed by atoms with Gasteiger partial charge in [0.25, 0.3) is 0 Å². The van der Waals surface area contributed by atoms with Crippen molar-refractivity contribution in [1.82, 2.24) is 25.0 Å². The monoisotopic (exact) mass is 470 g/mol. The minimum absolute atomic E-state index is 0. The molecule has 0 atom stereocenters. The third kappa shape index (κ3) is 6.59. The molecule has 7 heteroatoms. The van der Waals surface area contributed by atoms with Crippen molar-refractivity contribution in [2.45, 2.75) is 39.7 Å². The Balaban J connectivity index is 0.00000338. The molecule has 0 unspecified atom stereocenters. The largest absolute Gasteiger partial charge is 0.357 e. The summed E-state index contributed by atoms with van der Waals surface area (Å²) in [6.07, 6.45) is 6.69. The molecule has 0 radical (unpaired) electrons. The fourth-order valence-electron chi connectivity index (χ4n) is 2.80. The highest BCUT2D eigenvalue weighted by Crippen LogP contribution is 2.18. The number of nitrogens with zero attached hydrogens (tertiary/aromatic N) is 5. The van der Waals surface area contributed by atoms with Gasteiger partial charge in [-0.05, 0) is 30.9 Å². The Morgan fingerprint density at radius 3 is 2.77 bits per heavy atom. The quantitative estimate of drug-likeness (QED) is 0.384. The number of halogens is 1. The predicted molar refractivity (Wildman–Crippen MR) is 118 cm³/mol. The number of nitrogens with one attached hydrogen (secondary N) is 1. The highest BCUT2D eigenvalue weighted by molar-refractivity contribution is 14.0. The van der Waals surface area contributed by atoms with Gasteiger partial charge in [-0.15, -0.1) is 24.0 Å². The van der Waals surface area contributed by atoms with Crippen molar-refractivity contribution in [1.29, 1.82) is 0 Å². The minimum Gasteiger partial charge on any atom is -0.357 e. The Morgan fingerprint density at radius 1 is 1.38 bits per heavy atom. The molecule has 0 aliphatic carbocycles. The minimum atomic E-state index is 0. The van der Waals surface area contributed by atoms with Crippen LogP contribution in [0.5, 0.6) is 0 Å². The van der Waals surface area contributed by atoms with Gasteiger partial charge in [0.15, 0.2) is 5.96 Å². The Morgan fingerprint density at radius 2 is 2.15 bits per heavy atom. The molecule has 0 fully saturated rings. The number of pyridine rings is 1. The van der Waals surface area contributed by atoms with Crippen LogP contribution in [-0.2, 0) is 20.0 Å². The summed E-state index contributed by atoms with van der Waals surface area (Å²) in [5.74, 6) is 1.33. The van der Waals surface area contributed by atoms with Crippen LogP contribution < -0.4 is 5.32 Å². The Labute approximate surface area is 174 Å². The van der Waals surface area contributed by atoms with Gasteiger partial charge in [-0.1, -0.05) is 19.9 Å². The van der Waals surface area contributed by atoms with Gasteiger partial charge < -0.3 is 10.2 Å².